The molecule has 0 N–H and O–H groups in total. The van der Waals surface area contributed by atoms with Crippen molar-refractivity contribution < 1.29 is 19.1 Å². The standard InChI is InChI=1S/2C13H22O2/c1-6-15-12(14)11-10(3)9(2)7-8-13(11,4)5;1-5-10-8-7-9-13(3,4)11(10)12(14)15-6-2/h11H,6-8H2,1-5H3;8,11H,5-7,9H2,1-4H3. The topological polar surface area (TPSA) is 52.6 Å². The molecule has 2 atom stereocenters. The van der Waals surface area contributed by atoms with Crippen molar-refractivity contribution >= 4 is 11.9 Å². The van der Waals surface area contributed by atoms with Gasteiger partial charge < -0.3 is 9.47 Å². The van der Waals surface area contributed by atoms with Gasteiger partial charge in [0.25, 0.3) is 0 Å². The smallest absolute Gasteiger partial charge is 0.313 e. The summed E-state index contributed by atoms with van der Waals surface area (Å²) in [6.07, 6.45) is 7.50. The van der Waals surface area contributed by atoms with Crippen LogP contribution in [-0.4, -0.2) is 25.2 Å². The zero-order valence-corrected chi connectivity index (χ0v) is 20.8. The second-order valence-corrected chi connectivity index (χ2v) is 9.98. The van der Waals surface area contributed by atoms with Crippen molar-refractivity contribution in [2.75, 3.05) is 13.2 Å². The molecule has 4 heteroatoms. The van der Waals surface area contributed by atoms with Crippen LogP contribution in [0.3, 0.4) is 0 Å². The van der Waals surface area contributed by atoms with Crippen molar-refractivity contribution in [1.82, 2.24) is 0 Å². The first-order chi connectivity index (χ1) is 13.9. The van der Waals surface area contributed by atoms with E-state index in [-0.39, 0.29) is 34.6 Å². The Bertz CT molecular complexity index is 667. The molecule has 0 heterocycles. The van der Waals surface area contributed by atoms with Gasteiger partial charge in [0.05, 0.1) is 25.0 Å². The van der Waals surface area contributed by atoms with E-state index in [1.807, 2.05) is 13.8 Å². The number of rotatable bonds is 5. The van der Waals surface area contributed by atoms with E-state index >= 15 is 0 Å². The largest absolute Gasteiger partial charge is 0.466 e. The predicted molar refractivity (Wildman–Crippen MR) is 123 cm³/mol. The average Bonchev–Trinajstić information content (AvgIpc) is 2.64. The minimum atomic E-state index is -0.0564. The van der Waals surface area contributed by atoms with E-state index in [1.54, 1.807) is 0 Å². The second-order valence-electron chi connectivity index (χ2n) is 9.98. The lowest BCUT2D eigenvalue weighted by molar-refractivity contribution is -0.151. The van der Waals surface area contributed by atoms with Crippen molar-refractivity contribution in [3.05, 3.63) is 22.8 Å². The van der Waals surface area contributed by atoms with Crippen LogP contribution in [0.25, 0.3) is 0 Å². The van der Waals surface area contributed by atoms with Gasteiger partial charge in [0.1, 0.15) is 0 Å². The molecule has 0 saturated heterocycles. The number of carbonyl (C=O) groups excluding carboxylic acids is 2. The molecule has 2 aliphatic carbocycles. The van der Waals surface area contributed by atoms with Gasteiger partial charge in [-0.2, -0.15) is 0 Å². The fourth-order valence-corrected chi connectivity index (χ4v) is 4.84. The quantitative estimate of drug-likeness (QED) is 0.369. The minimum absolute atomic E-state index is 0.0313. The summed E-state index contributed by atoms with van der Waals surface area (Å²) in [7, 11) is 0. The zero-order valence-electron chi connectivity index (χ0n) is 20.8. The normalized spacial score (nSPS) is 24.9. The van der Waals surface area contributed by atoms with Gasteiger partial charge in [0.2, 0.25) is 0 Å². The molecule has 0 saturated carbocycles. The van der Waals surface area contributed by atoms with E-state index in [1.165, 1.54) is 16.7 Å². The Morgan fingerprint density at radius 1 is 0.900 bits per heavy atom. The molecule has 0 amide bonds. The van der Waals surface area contributed by atoms with Gasteiger partial charge >= 0.3 is 11.9 Å². The van der Waals surface area contributed by atoms with Crippen molar-refractivity contribution in [3.63, 3.8) is 0 Å². The highest BCUT2D eigenvalue weighted by atomic mass is 16.5. The highest BCUT2D eigenvalue weighted by molar-refractivity contribution is 5.77. The van der Waals surface area contributed by atoms with Crippen LogP contribution in [0, 0.1) is 22.7 Å². The molecule has 0 aromatic rings. The van der Waals surface area contributed by atoms with E-state index < -0.39 is 0 Å². The van der Waals surface area contributed by atoms with Gasteiger partial charge in [0.15, 0.2) is 0 Å². The number of hydrogen-bond donors (Lipinski definition) is 0. The van der Waals surface area contributed by atoms with E-state index in [0.29, 0.717) is 13.2 Å². The molecule has 0 fully saturated rings. The summed E-state index contributed by atoms with van der Waals surface area (Å²) < 4.78 is 10.3. The molecule has 0 aromatic carbocycles. The third kappa shape index (κ3) is 6.46. The first kappa shape index (κ1) is 26.5. The maximum atomic E-state index is 11.9. The van der Waals surface area contributed by atoms with Crippen LogP contribution in [0.4, 0.5) is 0 Å². The predicted octanol–water partition coefficient (Wildman–Crippen LogP) is 6.64. The van der Waals surface area contributed by atoms with Gasteiger partial charge in [-0.15, -0.1) is 0 Å². The SMILES string of the molecule is CCOC(=O)C1C(C)=C(C)CCC1(C)C.CCOC(=O)C1C(CC)=CCCC1(C)C. The molecule has 0 bridgehead atoms. The molecular formula is C26H44O4. The van der Waals surface area contributed by atoms with Crippen molar-refractivity contribution in [2.45, 2.75) is 94.4 Å². The number of carbonyl (C=O) groups is 2. The third-order valence-corrected chi connectivity index (χ3v) is 6.83. The average molecular weight is 421 g/mol. The summed E-state index contributed by atoms with van der Waals surface area (Å²) in [5.41, 5.74) is 3.91. The minimum Gasteiger partial charge on any atom is -0.466 e. The highest BCUT2D eigenvalue weighted by Crippen LogP contribution is 2.44. The van der Waals surface area contributed by atoms with Crippen molar-refractivity contribution in [1.29, 1.82) is 0 Å². The van der Waals surface area contributed by atoms with E-state index in [0.717, 1.165) is 32.1 Å². The van der Waals surface area contributed by atoms with Crippen LogP contribution in [0.1, 0.15) is 94.4 Å². The van der Waals surface area contributed by atoms with E-state index in [4.69, 9.17) is 9.47 Å². The van der Waals surface area contributed by atoms with Gasteiger partial charge in [-0.05, 0) is 70.6 Å². The lowest BCUT2D eigenvalue weighted by atomic mass is 9.66. The van der Waals surface area contributed by atoms with Crippen LogP contribution in [0.5, 0.6) is 0 Å². The maximum absolute atomic E-state index is 11.9. The molecular weight excluding hydrogens is 376 g/mol. The Kier molecular flexibility index (Phi) is 9.84. The molecule has 0 spiro atoms. The van der Waals surface area contributed by atoms with Crippen molar-refractivity contribution in [3.8, 4) is 0 Å². The van der Waals surface area contributed by atoms with Gasteiger partial charge in [-0.3, -0.25) is 9.59 Å². The maximum Gasteiger partial charge on any atom is 0.313 e. The molecule has 2 aliphatic rings. The Balaban J connectivity index is 0.000000300. The molecule has 2 rings (SSSR count). The number of allylic oxidation sites excluding steroid dienone is 2. The fourth-order valence-electron chi connectivity index (χ4n) is 4.84. The number of esters is 2. The molecule has 0 aromatic heterocycles. The zero-order chi connectivity index (χ0) is 23.1. The van der Waals surface area contributed by atoms with Crippen LogP contribution in [0.2, 0.25) is 0 Å². The van der Waals surface area contributed by atoms with Gasteiger partial charge in [-0.1, -0.05) is 57.4 Å². The van der Waals surface area contributed by atoms with E-state index in [2.05, 4.69) is 54.5 Å². The Hall–Kier alpha value is -1.58. The summed E-state index contributed by atoms with van der Waals surface area (Å²) in [5, 5.41) is 0. The summed E-state index contributed by atoms with van der Waals surface area (Å²) in [6, 6.07) is 0. The third-order valence-electron chi connectivity index (χ3n) is 6.83. The summed E-state index contributed by atoms with van der Waals surface area (Å²) in [4.78, 5) is 23.8. The summed E-state index contributed by atoms with van der Waals surface area (Å²) >= 11 is 0. The van der Waals surface area contributed by atoms with Crippen LogP contribution < -0.4 is 0 Å². The molecule has 30 heavy (non-hydrogen) atoms. The first-order valence-electron chi connectivity index (χ1n) is 11.6. The molecule has 0 aliphatic heterocycles. The van der Waals surface area contributed by atoms with Gasteiger partial charge in [-0.25, -0.2) is 0 Å². The monoisotopic (exact) mass is 420 g/mol. The van der Waals surface area contributed by atoms with Gasteiger partial charge in [0, 0.05) is 0 Å². The van der Waals surface area contributed by atoms with E-state index in [9.17, 15) is 9.59 Å². The lowest BCUT2D eigenvalue weighted by Gasteiger charge is -2.38. The molecule has 172 valence electrons. The Morgan fingerprint density at radius 2 is 1.40 bits per heavy atom. The van der Waals surface area contributed by atoms with Crippen molar-refractivity contribution in [2.24, 2.45) is 22.7 Å². The molecule has 4 nitrogen and oxygen atoms in total. The second kappa shape index (κ2) is 11.2. The Morgan fingerprint density at radius 3 is 1.90 bits per heavy atom. The molecule has 0 radical (unpaired) electrons. The number of ether oxygens (including phenoxy) is 2. The van der Waals surface area contributed by atoms with Crippen LogP contribution >= 0.6 is 0 Å². The summed E-state index contributed by atoms with van der Waals surface area (Å²) in [5.74, 6) is -0.184. The van der Waals surface area contributed by atoms with Crippen LogP contribution in [-0.2, 0) is 19.1 Å². The summed E-state index contributed by atoms with van der Waals surface area (Å²) in [6.45, 7) is 19.6. The lowest BCUT2D eigenvalue weighted by Crippen LogP contribution is -2.36. The highest BCUT2D eigenvalue weighted by Gasteiger charge is 2.41. The fraction of sp³-hybridized carbons (Fsp3) is 0.769. The number of hydrogen-bond acceptors (Lipinski definition) is 4. The Labute approximate surface area is 184 Å². The van der Waals surface area contributed by atoms with Crippen LogP contribution in [0.15, 0.2) is 22.8 Å². The first-order valence-corrected chi connectivity index (χ1v) is 11.6. The molecule has 2 unspecified atom stereocenters.